The number of likely N-dealkylation sites (N-methyl/N-ethyl adjacent to an activating group) is 1. The molecule has 1 N–H and O–H groups in total. The van der Waals surface area contributed by atoms with Crippen LogP contribution in [0.4, 0.5) is 15.9 Å². The van der Waals surface area contributed by atoms with Crippen LogP contribution in [-0.2, 0) is 10.0 Å². The van der Waals surface area contributed by atoms with Gasteiger partial charge in [-0.25, -0.2) is 17.8 Å². The molecule has 0 aliphatic carbocycles. The SMILES string of the molecule is CCC(c1ccccc1)N1CC[C@H](N(C)c2cc(F)c(S(=O)(=O)Nc3cscn3)cc2Cl)C1. The van der Waals surface area contributed by atoms with Crippen molar-refractivity contribution in [1.29, 1.82) is 0 Å². The van der Waals surface area contributed by atoms with Crippen molar-refractivity contribution in [1.82, 2.24) is 9.88 Å². The van der Waals surface area contributed by atoms with Crippen molar-refractivity contribution in [3.63, 3.8) is 0 Å². The third kappa shape index (κ3) is 5.16. The van der Waals surface area contributed by atoms with Gasteiger partial charge in [0.1, 0.15) is 10.7 Å². The quantitative estimate of drug-likeness (QED) is 0.441. The highest BCUT2D eigenvalue weighted by molar-refractivity contribution is 7.92. The van der Waals surface area contributed by atoms with Gasteiger partial charge in [0, 0.05) is 43.7 Å². The van der Waals surface area contributed by atoms with Crippen molar-refractivity contribution in [2.24, 2.45) is 0 Å². The largest absolute Gasteiger partial charge is 0.369 e. The first-order valence-electron chi connectivity index (χ1n) is 10.7. The van der Waals surface area contributed by atoms with E-state index in [9.17, 15) is 12.8 Å². The number of hydrogen-bond acceptors (Lipinski definition) is 6. The molecule has 3 aromatic rings. The number of nitrogens with zero attached hydrogens (tertiary/aromatic N) is 3. The summed E-state index contributed by atoms with van der Waals surface area (Å²) in [5.41, 5.74) is 3.25. The highest BCUT2D eigenvalue weighted by Gasteiger charge is 2.32. The van der Waals surface area contributed by atoms with Gasteiger partial charge in [-0.2, -0.15) is 0 Å². The van der Waals surface area contributed by atoms with Gasteiger partial charge in [-0.3, -0.25) is 9.62 Å². The predicted molar refractivity (Wildman–Crippen MR) is 132 cm³/mol. The predicted octanol–water partition coefficient (Wildman–Crippen LogP) is 5.40. The first kappa shape index (κ1) is 23.9. The number of benzene rings is 2. The Bertz CT molecular complexity index is 1190. The fraction of sp³-hybridized carbons (Fsp3) is 0.348. The van der Waals surface area contributed by atoms with Crippen LogP contribution in [0.25, 0.3) is 0 Å². The molecule has 6 nitrogen and oxygen atoms in total. The summed E-state index contributed by atoms with van der Waals surface area (Å²) in [4.78, 5) is 7.78. The van der Waals surface area contributed by atoms with Gasteiger partial charge < -0.3 is 4.90 Å². The summed E-state index contributed by atoms with van der Waals surface area (Å²) in [6.07, 6.45) is 1.90. The maximum absolute atomic E-state index is 14.9. The van der Waals surface area contributed by atoms with Gasteiger partial charge in [0.25, 0.3) is 10.0 Å². The summed E-state index contributed by atoms with van der Waals surface area (Å²) in [6.45, 7) is 3.92. The summed E-state index contributed by atoms with van der Waals surface area (Å²) in [7, 11) is -2.27. The highest BCUT2D eigenvalue weighted by atomic mass is 35.5. The van der Waals surface area contributed by atoms with E-state index in [1.807, 2.05) is 18.0 Å². The lowest BCUT2D eigenvalue weighted by molar-refractivity contribution is 0.236. The minimum Gasteiger partial charge on any atom is -0.369 e. The second-order valence-electron chi connectivity index (χ2n) is 8.10. The number of halogens is 2. The number of thiazole rings is 1. The van der Waals surface area contributed by atoms with E-state index in [-0.39, 0.29) is 16.9 Å². The molecule has 2 atom stereocenters. The number of nitrogens with one attached hydrogen (secondary N) is 1. The Labute approximate surface area is 203 Å². The van der Waals surface area contributed by atoms with Gasteiger partial charge in [-0.1, -0.05) is 48.9 Å². The molecular formula is C23H26ClFN4O2S2. The molecule has 2 heterocycles. The molecule has 1 unspecified atom stereocenters. The van der Waals surface area contributed by atoms with Crippen molar-refractivity contribution in [3.8, 4) is 0 Å². The van der Waals surface area contributed by atoms with Gasteiger partial charge in [0.05, 0.1) is 16.2 Å². The number of aromatic nitrogens is 1. The van der Waals surface area contributed by atoms with E-state index in [2.05, 4.69) is 45.8 Å². The Kier molecular flexibility index (Phi) is 7.23. The smallest absolute Gasteiger partial charge is 0.266 e. The fourth-order valence-electron chi connectivity index (χ4n) is 4.39. The van der Waals surface area contributed by atoms with Crippen LogP contribution in [0.1, 0.15) is 31.4 Å². The molecule has 1 fully saturated rings. The normalized spacial score (nSPS) is 17.8. The number of anilines is 2. The molecule has 2 aromatic carbocycles. The summed E-state index contributed by atoms with van der Waals surface area (Å²) in [6, 6.07) is 13.3. The molecule has 0 radical (unpaired) electrons. The zero-order valence-electron chi connectivity index (χ0n) is 18.4. The van der Waals surface area contributed by atoms with Gasteiger partial charge in [0.15, 0.2) is 5.82 Å². The molecule has 0 saturated carbocycles. The number of likely N-dealkylation sites (tertiary alicyclic amines) is 1. The highest BCUT2D eigenvalue weighted by Crippen LogP contribution is 2.35. The summed E-state index contributed by atoms with van der Waals surface area (Å²) in [5, 5.41) is 1.72. The molecule has 1 aliphatic rings. The van der Waals surface area contributed by atoms with E-state index in [1.165, 1.54) is 39.9 Å². The van der Waals surface area contributed by atoms with E-state index >= 15 is 0 Å². The van der Waals surface area contributed by atoms with Crippen molar-refractivity contribution in [3.05, 3.63) is 69.8 Å². The summed E-state index contributed by atoms with van der Waals surface area (Å²) < 4.78 is 42.5. The van der Waals surface area contributed by atoms with Crippen molar-refractivity contribution in [2.45, 2.75) is 36.7 Å². The van der Waals surface area contributed by atoms with E-state index < -0.39 is 20.7 Å². The van der Waals surface area contributed by atoms with Crippen LogP contribution in [0.5, 0.6) is 0 Å². The Balaban J connectivity index is 1.52. The summed E-state index contributed by atoms with van der Waals surface area (Å²) in [5.74, 6) is -0.707. The Morgan fingerprint density at radius 3 is 2.76 bits per heavy atom. The van der Waals surface area contributed by atoms with Gasteiger partial charge in [0.2, 0.25) is 0 Å². The lowest BCUT2D eigenvalue weighted by Crippen LogP contribution is -2.36. The lowest BCUT2D eigenvalue weighted by Gasteiger charge is -2.31. The Morgan fingerprint density at radius 2 is 2.09 bits per heavy atom. The Hall–Kier alpha value is -2.20. The zero-order valence-corrected chi connectivity index (χ0v) is 20.8. The summed E-state index contributed by atoms with van der Waals surface area (Å²) >= 11 is 7.69. The van der Waals surface area contributed by atoms with Crippen molar-refractivity contribution in [2.75, 3.05) is 29.8 Å². The second-order valence-corrected chi connectivity index (χ2v) is 10.9. The van der Waals surface area contributed by atoms with Crippen LogP contribution in [0.2, 0.25) is 5.02 Å². The van der Waals surface area contributed by atoms with Crippen LogP contribution < -0.4 is 9.62 Å². The minimum atomic E-state index is -4.14. The van der Waals surface area contributed by atoms with E-state index in [1.54, 1.807) is 0 Å². The minimum absolute atomic E-state index is 0.134. The fourth-order valence-corrected chi connectivity index (χ4v) is 6.40. The molecule has 0 spiro atoms. The molecule has 176 valence electrons. The molecule has 1 aromatic heterocycles. The molecule has 0 amide bonds. The van der Waals surface area contributed by atoms with Gasteiger partial charge in [-0.05, 0) is 24.5 Å². The number of sulfonamides is 1. The van der Waals surface area contributed by atoms with Crippen LogP contribution in [0.15, 0.2) is 58.3 Å². The molecule has 10 heteroatoms. The molecule has 1 saturated heterocycles. The topological polar surface area (TPSA) is 65.5 Å². The van der Waals surface area contributed by atoms with Crippen molar-refractivity contribution >= 4 is 44.5 Å². The van der Waals surface area contributed by atoms with E-state index in [0.717, 1.165) is 25.9 Å². The molecule has 0 bridgehead atoms. The van der Waals surface area contributed by atoms with E-state index in [4.69, 9.17) is 11.6 Å². The maximum atomic E-state index is 14.9. The van der Waals surface area contributed by atoms with Gasteiger partial charge >= 0.3 is 0 Å². The Morgan fingerprint density at radius 1 is 1.33 bits per heavy atom. The third-order valence-electron chi connectivity index (χ3n) is 6.10. The monoisotopic (exact) mass is 508 g/mol. The maximum Gasteiger partial charge on any atom is 0.266 e. The average molecular weight is 509 g/mol. The number of rotatable bonds is 8. The number of hydrogen-bond donors (Lipinski definition) is 1. The van der Waals surface area contributed by atoms with Crippen LogP contribution in [0.3, 0.4) is 0 Å². The first-order valence-corrected chi connectivity index (χ1v) is 13.5. The third-order valence-corrected chi connectivity index (χ3v) is 8.36. The second kappa shape index (κ2) is 9.97. The van der Waals surface area contributed by atoms with Gasteiger partial charge in [-0.15, -0.1) is 11.3 Å². The average Bonchev–Trinajstić information content (AvgIpc) is 3.48. The molecular weight excluding hydrogens is 483 g/mol. The lowest BCUT2D eigenvalue weighted by atomic mass is 10.0. The van der Waals surface area contributed by atoms with Crippen LogP contribution in [0, 0.1) is 5.82 Å². The zero-order chi connectivity index (χ0) is 23.6. The van der Waals surface area contributed by atoms with Crippen LogP contribution >= 0.6 is 22.9 Å². The first-order chi connectivity index (χ1) is 15.8. The molecule has 1 aliphatic heterocycles. The molecule has 4 rings (SSSR count). The molecule has 33 heavy (non-hydrogen) atoms. The van der Waals surface area contributed by atoms with Crippen LogP contribution in [-0.4, -0.2) is 44.5 Å². The standard InChI is InChI=1S/C23H26ClFN4O2S2/c1-3-20(16-7-5-4-6-8-16)29-10-9-17(13-29)28(2)21-12-19(25)22(11-18(21)24)33(30,31)27-23-14-32-15-26-23/h4-8,11-12,14-15,17,20,27H,3,9-10,13H2,1-2H3/t17-,20?/m0/s1. The van der Waals surface area contributed by atoms with Crippen molar-refractivity contribution < 1.29 is 12.8 Å². The van der Waals surface area contributed by atoms with E-state index in [0.29, 0.717) is 11.7 Å².